The van der Waals surface area contributed by atoms with Gasteiger partial charge in [0.05, 0.1) is 15.7 Å². The molecule has 2 aromatic carbocycles. The molecule has 3 atom stereocenters. The Bertz CT molecular complexity index is 778. The zero-order chi connectivity index (χ0) is 16.0. The summed E-state index contributed by atoms with van der Waals surface area (Å²) in [5.41, 5.74) is 12.0. The molecule has 3 rings (SSSR count). The lowest BCUT2D eigenvalue weighted by molar-refractivity contribution is 0.586. The molecule has 4 nitrogen and oxygen atoms in total. The fourth-order valence-electron chi connectivity index (χ4n) is 3.05. The molecule has 2 aromatic rings. The van der Waals surface area contributed by atoms with Crippen molar-refractivity contribution in [2.24, 2.45) is 11.5 Å². The summed E-state index contributed by atoms with van der Waals surface area (Å²) in [6.07, 6.45) is 0. The lowest BCUT2D eigenvalue weighted by atomic mass is 10.1. The van der Waals surface area contributed by atoms with Crippen molar-refractivity contribution >= 4 is 21.4 Å². The van der Waals surface area contributed by atoms with E-state index in [1.165, 1.54) is 12.1 Å². The average Bonchev–Trinajstić information content (AvgIpc) is 3.16. The van der Waals surface area contributed by atoms with Crippen LogP contribution in [0, 0.1) is 0 Å². The van der Waals surface area contributed by atoms with Gasteiger partial charge in [-0.25, -0.2) is 8.42 Å². The van der Waals surface area contributed by atoms with Gasteiger partial charge in [-0.15, -0.1) is 0 Å². The molecule has 0 aliphatic heterocycles. The highest BCUT2D eigenvalue weighted by molar-refractivity contribution is 7.92. The Morgan fingerprint density at radius 3 is 2.18 bits per heavy atom. The van der Waals surface area contributed by atoms with E-state index in [9.17, 15) is 8.42 Å². The van der Waals surface area contributed by atoms with E-state index in [-0.39, 0.29) is 17.4 Å². The average molecular weight is 337 g/mol. The molecule has 0 bridgehead atoms. The maximum atomic E-state index is 12.9. The van der Waals surface area contributed by atoms with Gasteiger partial charge in [-0.1, -0.05) is 41.9 Å². The van der Waals surface area contributed by atoms with Gasteiger partial charge < -0.3 is 11.5 Å². The Morgan fingerprint density at radius 1 is 1.05 bits per heavy atom. The predicted molar refractivity (Wildman–Crippen MR) is 87.6 cm³/mol. The van der Waals surface area contributed by atoms with Crippen molar-refractivity contribution in [1.29, 1.82) is 0 Å². The number of sulfone groups is 1. The molecule has 0 radical (unpaired) electrons. The number of nitrogens with two attached hydrogens (primary N) is 2. The van der Waals surface area contributed by atoms with Gasteiger partial charge in [0.1, 0.15) is 0 Å². The zero-order valence-electron chi connectivity index (χ0n) is 11.8. The standard InChI is InChI=1S/C16H17ClN2O2S/c17-12-6-8-13(9-7-12)22(20,21)15-14(16(15,19)10-18)11-4-2-1-3-5-11/h1-9,14-15H,10,18-19H2/t14-,15+,16+/m1/s1. The van der Waals surface area contributed by atoms with E-state index < -0.39 is 20.6 Å². The van der Waals surface area contributed by atoms with Crippen LogP contribution in [0.2, 0.25) is 5.02 Å². The van der Waals surface area contributed by atoms with Gasteiger partial charge >= 0.3 is 0 Å². The van der Waals surface area contributed by atoms with Crippen LogP contribution >= 0.6 is 11.6 Å². The quantitative estimate of drug-likeness (QED) is 0.893. The molecule has 1 aliphatic carbocycles. The number of halogens is 1. The van der Waals surface area contributed by atoms with Crippen LogP contribution in [0.3, 0.4) is 0 Å². The van der Waals surface area contributed by atoms with Crippen molar-refractivity contribution in [3.05, 3.63) is 65.2 Å². The second kappa shape index (κ2) is 5.35. The maximum absolute atomic E-state index is 12.9. The summed E-state index contributed by atoms with van der Waals surface area (Å²) in [5.74, 6) is -0.292. The SMILES string of the molecule is NC[C@]1(N)[C@H](c2ccccc2)[C@@H]1S(=O)(=O)c1ccc(Cl)cc1. The van der Waals surface area contributed by atoms with Crippen molar-refractivity contribution in [1.82, 2.24) is 0 Å². The summed E-state index contributed by atoms with van der Waals surface area (Å²) in [4.78, 5) is 0.226. The number of rotatable bonds is 4. The summed E-state index contributed by atoms with van der Waals surface area (Å²) in [7, 11) is -3.56. The molecular weight excluding hydrogens is 320 g/mol. The van der Waals surface area contributed by atoms with Crippen LogP contribution in [0.1, 0.15) is 11.5 Å². The molecule has 0 spiro atoms. The highest BCUT2D eigenvalue weighted by Crippen LogP contribution is 2.55. The monoisotopic (exact) mass is 336 g/mol. The molecule has 1 aliphatic rings. The smallest absolute Gasteiger partial charge is 0.183 e. The van der Waals surface area contributed by atoms with Gasteiger partial charge in [0.15, 0.2) is 9.84 Å². The van der Waals surface area contributed by atoms with Crippen LogP contribution in [0.4, 0.5) is 0 Å². The molecule has 1 saturated carbocycles. The predicted octanol–water partition coefficient (Wildman–Crippen LogP) is 1.94. The van der Waals surface area contributed by atoms with E-state index in [0.29, 0.717) is 5.02 Å². The van der Waals surface area contributed by atoms with Gasteiger partial charge in [-0.2, -0.15) is 0 Å². The summed E-state index contributed by atoms with van der Waals surface area (Å²) in [6.45, 7) is 0.115. The third-order valence-electron chi connectivity index (χ3n) is 4.29. The number of hydrogen-bond acceptors (Lipinski definition) is 4. The summed E-state index contributed by atoms with van der Waals surface area (Å²) >= 11 is 5.83. The van der Waals surface area contributed by atoms with E-state index >= 15 is 0 Å². The van der Waals surface area contributed by atoms with Crippen LogP contribution in [-0.2, 0) is 9.84 Å². The van der Waals surface area contributed by atoms with Gasteiger partial charge in [-0.3, -0.25) is 0 Å². The zero-order valence-corrected chi connectivity index (χ0v) is 13.4. The van der Waals surface area contributed by atoms with Crippen LogP contribution in [0.25, 0.3) is 0 Å². The Balaban J connectivity index is 2.01. The maximum Gasteiger partial charge on any atom is 0.183 e. The topological polar surface area (TPSA) is 86.2 Å². The number of benzene rings is 2. The molecular formula is C16H17ClN2O2S. The lowest BCUT2D eigenvalue weighted by Gasteiger charge is -2.09. The molecule has 0 unspecified atom stereocenters. The summed E-state index contributed by atoms with van der Waals surface area (Å²) in [6, 6.07) is 15.6. The minimum absolute atomic E-state index is 0.115. The normalized spacial score (nSPS) is 27.6. The molecule has 4 N–H and O–H groups in total. The van der Waals surface area contributed by atoms with Crippen molar-refractivity contribution < 1.29 is 8.42 Å². The van der Waals surface area contributed by atoms with E-state index in [1.54, 1.807) is 12.1 Å². The minimum Gasteiger partial charge on any atom is -0.329 e. The van der Waals surface area contributed by atoms with Crippen molar-refractivity contribution in [3.8, 4) is 0 Å². The third kappa shape index (κ3) is 2.34. The van der Waals surface area contributed by atoms with Crippen LogP contribution in [0.15, 0.2) is 59.5 Å². The molecule has 116 valence electrons. The Kier molecular flexibility index (Phi) is 3.77. The molecule has 0 saturated heterocycles. The Morgan fingerprint density at radius 2 is 1.64 bits per heavy atom. The number of hydrogen-bond donors (Lipinski definition) is 2. The fourth-order valence-corrected chi connectivity index (χ4v) is 5.50. The fraction of sp³-hybridized carbons (Fsp3) is 0.250. The van der Waals surface area contributed by atoms with E-state index in [0.717, 1.165) is 5.56 Å². The van der Waals surface area contributed by atoms with Gasteiger partial charge in [0.2, 0.25) is 0 Å². The highest BCUT2D eigenvalue weighted by Gasteiger charge is 2.68. The molecule has 1 fully saturated rings. The van der Waals surface area contributed by atoms with Crippen molar-refractivity contribution in [2.45, 2.75) is 21.6 Å². The Labute approximate surface area is 135 Å². The van der Waals surface area contributed by atoms with Crippen LogP contribution in [-0.4, -0.2) is 25.8 Å². The van der Waals surface area contributed by atoms with Crippen molar-refractivity contribution in [2.75, 3.05) is 6.54 Å². The minimum atomic E-state index is -3.56. The van der Waals surface area contributed by atoms with Gasteiger partial charge in [0, 0.05) is 17.5 Å². The summed E-state index contributed by atoms with van der Waals surface area (Å²) in [5, 5.41) is -0.222. The third-order valence-corrected chi connectivity index (χ3v) is 6.85. The molecule has 0 amide bonds. The molecule has 6 heteroatoms. The Hall–Kier alpha value is -1.40. The van der Waals surface area contributed by atoms with E-state index in [1.807, 2.05) is 30.3 Å². The van der Waals surface area contributed by atoms with Gasteiger partial charge in [-0.05, 0) is 29.8 Å². The first kappa shape index (κ1) is 15.5. The van der Waals surface area contributed by atoms with Crippen LogP contribution in [0.5, 0.6) is 0 Å². The first-order chi connectivity index (χ1) is 10.4. The summed E-state index contributed by atoms with van der Waals surface area (Å²) < 4.78 is 25.8. The second-order valence-corrected chi connectivity index (χ2v) is 8.13. The molecule has 0 aromatic heterocycles. The van der Waals surface area contributed by atoms with E-state index in [2.05, 4.69) is 0 Å². The second-order valence-electron chi connectivity index (χ2n) is 5.62. The first-order valence-electron chi connectivity index (χ1n) is 6.94. The highest BCUT2D eigenvalue weighted by atomic mass is 35.5. The van der Waals surface area contributed by atoms with Gasteiger partial charge in [0.25, 0.3) is 0 Å². The van der Waals surface area contributed by atoms with E-state index in [4.69, 9.17) is 23.1 Å². The molecule has 22 heavy (non-hydrogen) atoms. The largest absolute Gasteiger partial charge is 0.329 e. The first-order valence-corrected chi connectivity index (χ1v) is 8.87. The van der Waals surface area contributed by atoms with Crippen molar-refractivity contribution in [3.63, 3.8) is 0 Å². The lowest BCUT2D eigenvalue weighted by Crippen LogP contribution is -2.39. The van der Waals surface area contributed by atoms with Crippen LogP contribution < -0.4 is 11.5 Å². The molecule has 0 heterocycles.